The Labute approximate surface area is 138 Å². The van der Waals surface area contributed by atoms with E-state index in [2.05, 4.69) is 62.4 Å². The van der Waals surface area contributed by atoms with Gasteiger partial charge in [0.15, 0.2) is 5.78 Å². The van der Waals surface area contributed by atoms with Crippen LogP contribution < -0.4 is 0 Å². The molecular weight excluding hydrogens is 280 g/mol. The molecule has 0 saturated heterocycles. The predicted octanol–water partition coefficient (Wildman–Crippen LogP) is 5.34. The molecule has 1 atom stereocenters. The van der Waals surface area contributed by atoms with Crippen molar-refractivity contribution in [3.8, 4) is 0 Å². The number of rotatable bonds is 3. The van der Waals surface area contributed by atoms with Gasteiger partial charge in [-0.3, -0.25) is 4.79 Å². The highest BCUT2D eigenvalue weighted by Crippen LogP contribution is 2.38. The Balaban J connectivity index is 1.91. The lowest BCUT2D eigenvalue weighted by molar-refractivity contribution is -0.120. The lowest BCUT2D eigenvalue weighted by Crippen LogP contribution is -2.35. The van der Waals surface area contributed by atoms with E-state index in [9.17, 15) is 4.79 Å². The summed E-state index contributed by atoms with van der Waals surface area (Å²) < 4.78 is 0. The van der Waals surface area contributed by atoms with Gasteiger partial charge in [-0.05, 0) is 55.5 Å². The summed E-state index contributed by atoms with van der Waals surface area (Å²) in [6, 6.07) is 16.6. The van der Waals surface area contributed by atoms with Crippen molar-refractivity contribution in [3.63, 3.8) is 0 Å². The average Bonchev–Trinajstić information content (AvgIpc) is 2.53. The summed E-state index contributed by atoms with van der Waals surface area (Å²) in [7, 11) is 0. The van der Waals surface area contributed by atoms with Gasteiger partial charge >= 0.3 is 0 Å². The normalized spacial score (nSPS) is 20.5. The van der Waals surface area contributed by atoms with E-state index in [0.717, 1.165) is 16.7 Å². The van der Waals surface area contributed by atoms with Crippen LogP contribution in [0.2, 0.25) is 0 Å². The highest BCUT2D eigenvalue weighted by atomic mass is 16.1. The van der Waals surface area contributed by atoms with E-state index >= 15 is 0 Å². The van der Waals surface area contributed by atoms with E-state index in [0.29, 0.717) is 6.42 Å². The van der Waals surface area contributed by atoms with Crippen LogP contribution in [-0.2, 0) is 10.2 Å². The molecule has 0 N–H and O–H groups in total. The molecule has 1 aliphatic carbocycles. The monoisotopic (exact) mass is 302 g/mol. The molecule has 1 nitrogen and oxygen atoms in total. The van der Waals surface area contributed by atoms with Gasteiger partial charge in [0, 0.05) is 0 Å². The van der Waals surface area contributed by atoms with Gasteiger partial charge in [-0.1, -0.05) is 66.2 Å². The van der Waals surface area contributed by atoms with Crippen LogP contribution in [0, 0.1) is 6.92 Å². The van der Waals surface area contributed by atoms with Crippen LogP contribution in [0.25, 0.3) is 12.2 Å². The Kier molecular flexibility index (Phi) is 4.04. The Morgan fingerprint density at radius 2 is 1.83 bits per heavy atom. The first-order valence-electron chi connectivity index (χ1n) is 8.06. The van der Waals surface area contributed by atoms with Crippen LogP contribution in [0.4, 0.5) is 0 Å². The zero-order chi connectivity index (χ0) is 16.4. The minimum Gasteiger partial charge on any atom is -0.294 e. The first-order valence-corrected chi connectivity index (χ1v) is 8.06. The molecule has 2 aromatic rings. The predicted molar refractivity (Wildman–Crippen MR) is 97.3 cm³/mol. The van der Waals surface area contributed by atoms with Crippen molar-refractivity contribution in [3.05, 3.63) is 82.4 Å². The molecule has 1 heteroatoms. The molecule has 1 aliphatic rings. The summed E-state index contributed by atoms with van der Waals surface area (Å²) in [4.78, 5) is 12.8. The molecule has 0 aromatic heterocycles. The molecule has 0 aliphatic heterocycles. The average molecular weight is 302 g/mol. The van der Waals surface area contributed by atoms with Crippen LogP contribution in [-0.4, -0.2) is 5.78 Å². The largest absolute Gasteiger partial charge is 0.294 e. The third kappa shape index (κ3) is 2.92. The molecule has 0 spiro atoms. The first kappa shape index (κ1) is 15.5. The number of hydrogen-bond donors (Lipinski definition) is 0. The lowest BCUT2D eigenvalue weighted by atomic mass is 9.69. The van der Waals surface area contributed by atoms with Crippen molar-refractivity contribution in [2.45, 2.75) is 32.6 Å². The van der Waals surface area contributed by atoms with Crippen LogP contribution in [0.3, 0.4) is 0 Å². The SMILES string of the molecule is CC1=Cc2ccccc2[C@@](C)(C/C=C/c2cccc(C)c2)C1=O. The minimum absolute atomic E-state index is 0.227. The topological polar surface area (TPSA) is 17.1 Å². The molecule has 116 valence electrons. The second kappa shape index (κ2) is 6.00. The number of aryl methyl sites for hydroxylation is 1. The Hall–Kier alpha value is -2.41. The van der Waals surface area contributed by atoms with Crippen molar-refractivity contribution >= 4 is 17.9 Å². The highest BCUT2D eigenvalue weighted by Gasteiger charge is 2.38. The number of allylic oxidation sites excluding steroid dienone is 2. The second-order valence-corrected chi connectivity index (χ2v) is 6.60. The van der Waals surface area contributed by atoms with Crippen LogP contribution in [0.5, 0.6) is 0 Å². The van der Waals surface area contributed by atoms with Gasteiger partial charge in [0.25, 0.3) is 0 Å². The van der Waals surface area contributed by atoms with Gasteiger partial charge in [-0.25, -0.2) is 0 Å². The fourth-order valence-electron chi connectivity index (χ4n) is 3.39. The van der Waals surface area contributed by atoms with Gasteiger partial charge in [-0.2, -0.15) is 0 Å². The summed E-state index contributed by atoms with van der Waals surface area (Å²) in [5.41, 5.74) is 5.08. The molecule has 23 heavy (non-hydrogen) atoms. The van der Waals surface area contributed by atoms with Crippen molar-refractivity contribution in [2.75, 3.05) is 0 Å². The summed E-state index contributed by atoms with van der Waals surface area (Å²) in [5, 5.41) is 0. The lowest BCUT2D eigenvalue weighted by Gasteiger charge is -2.33. The second-order valence-electron chi connectivity index (χ2n) is 6.60. The summed E-state index contributed by atoms with van der Waals surface area (Å²) in [6.45, 7) is 6.07. The van der Waals surface area contributed by atoms with Gasteiger partial charge in [-0.15, -0.1) is 0 Å². The molecular formula is C22H22O. The zero-order valence-corrected chi connectivity index (χ0v) is 14.0. The van der Waals surface area contributed by atoms with Gasteiger partial charge in [0.05, 0.1) is 5.41 Å². The molecule has 0 amide bonds. The maximum Gasteiger partial charge on any atom is 0.169 e. The van der Waals surface area contributed by atoms with E-state index in [1.54, 1.807) is 0 Å². The molecule has 0 bridgehead atoms. The number of hydrogen-bond acceptors (Lipinski definition) is 1. The van der Waals surface area contributed by atoms with Crippen LogP contribution in [0.1, 0.15) is 42.5 Å². The fourth-order valence-corrected chi connectivity index (χ4v) is 3.39. The van der Waals surface area contributed by atoms with E-state index in [-0.39, 0.29) is 5.78 Å². The van der Waals surface area contributed by atoms with Gasteiger partial charge in [0.2, 0.25) is 0 Å². The van der Waals surface area contributed by atoms with Gasteiger partial charge in [0.1, 0.15) is 0 Å². The summed E-state index contributed by atoms with van der Waals surface area (Å²) in [5.74, 6) is 0.227. The fraction of sp³-hybridized carbons (Fsp3) is 0.227. The van der Waals surface area contributed by atoms with Gasteiger partial charge < -0.3 is 0 Å². The first-order chi connectivity index (χ1) is 11.0. The minimum atomic E-state index is -0.476. The molecule has 2 aromatic carbocycles. The Bertz CT molecular complexity index is 810. The number of carbonyl (C=O) groups excluding carboxylic acids is 1. The quantitative estimate of drug-likeness (QED) is 0.747. The van der Waals surface area contributed by atoms with Crippen molar-refractivity contribution < 1.29 is 4.79 Å². The molecule has 0 fully saturated rings. The van der Waals surface area contributed by atoms with E-state index in [1.165, 1.54) is 11.1 Å². The van der Waals surface area contributed by atoms with Crippen molar-refractivity contribution in [2.24, 2.45) is 0 Å². The number of Topliss-reactive ketones (excluding diaryl/α,β-unsaturated/α-hetero) is 1. The smallest absolute Gasteiger partial charge is 0.169 e. The third-order valence-corrected chi connectivity index (χ3v) is 4.67. The number of fused-ring (bicyclic) bond motifs is 1. The Morgan fingerprint density at radius 3 is 2.61 bits per heavy atom. The van der Waals surface area contributed by atoms with Crippen molar-refractivity contribution in [1.29, 1.82) is 0 Å². The molecule has 0 unspecified atom stereocenters. The number of benzene rings is 2. The van der Waals surface area contributed by atoms with Crippen LogP contribution in [0.15, 0.2) is 60.2 Å². The summed E-state index contributed by atoms with van der Waals surface area (Å²) in [6.07, 6.45) is 6.95. The molecule has 3 rings (SSSR count). The highest BCUT2D eigenvalue weighted by molar-refractivity contribution is 6.09. The van der Waals surface area contributed by atoms with Crippen LogP contribution >= 0.6 is 0 Å². The molecule has 0 saturated carbocycles. The number of ketones is 1. The molecule has 0 radical (unpaired) electrons. The third-order valence-electron chi connectivity index (χ3n) is 4.67. The standard InChI is InChI=1S/C22H22O/c1-16-8-6-9-18(14-16)10-7-13-22(3)20-12-5-4-11-19(20)15-17(2)21(22)23/h4-12,14-15H,13H2,1-3H3/b10-7+/t22-/m1/s1. The maximum absolute atomic E-state index is 12.8. The van der Waals surface area contributed by atoms with E-state index < -0.39 is 5.41 Å². The van der Waals surface area contributed by atoms with Crippen molar-refractivity contribution in [1.82, 2.24) is 0 Å². The zero-order valence-electron chi connectivity index (χ0n) is 14.0. The van der Waals surface area contributed by atoms with E-state index in [4.69, 9.17) is 0 Å². The number of carbonyl (C=O) groups is 1. The van der Waals surface area contributed by atoms with E-state index in [1.807, 2.05) is 25.1 Å². The maximum atomic E-state index is 12.8. The summed E-state index contributed by atoms with van der Waals surface area (Å²) >= 11 is 0. The Morgan fingerprint density at radius 1 is 1.04 bits per heavy atom. The molecule has 0 heterocycles.